The van der Waals surface area contributed by atoms with Crippen LogP contribution in [0.3, 0.4) is 0 Å². The highest BCUT2D eigenvalue weighted by molar-refractivity contribution is 9.10. The van der Waals surface area contributed by atoms with Crippen LogP contribution in [0.25, 0.3) is 0 Å². The number of rotatable bonds is 9. The maximum atomic E-state index is 13.9. The first-order valence-corrected chi connectivity index (χ1v) is 16.1. The van der Waals surface area contributed by atoms with Crippen LogP contribution in [0.2, 0.25) is 0 Å². The summed E-state index contributed by atoms with van der Waals surface area (Å²) in [6.07, 6.45) is 1.66. The SMILES string of the molecule is CC(C)N1C(=O)N(Cc2ccc(Br)cc2)C(=O)C12CCN(CC[C@H](NC(=O)C1CCC(F)(F)CC1)c1ccccc1)CC2.Cl. The molecule has 1 N–H and O–H groups in total. The molecule has 0 unspecified atom stereocenters. The number of carbonyl (C=O) groups is 3. The number of hydrogen-bond donors (Lipinski definition) is 1. The molecule has 44 heavy (non-hydrogen) atoms. The van der Waals surface area contributed by atoms with Gasteiger partial charge in [0, 0.05) is 48.9 Å². The third kappa shape index (κ3) is 7.45. The molecule has 11 heteroatoms. The van der Waals surface area contributed by atoms with Crippen LogP contribution in [-0.2, 0) is 16.1 Å². The number of urea groups is 1. The van der Waals surface area contributed by atoms with Crippen molar-refractivity contribution in [1.29, 1.82) is 0 Å². The Morgan fingerprint density at radius 1 is 0.977 bits per heavy atom. The Balaban J connectivity index is 0.00000442. The molecule has 3 fully saturated rings. The second kappa shape index (κ2) is 14.3. The van der Waals surface area contributed by atoms with Gasteiger partial charge in [-0.15, -0.1) is 12.4 Å². The molecule has 0 radical (unpaired) electrons. The predicted octanol–water partition coefficient (Wildman–Crippen LogP) is 6.95. The molecule has 1 spiro atoms. The molecule has 2 heterocycles. The molecule has 2 aliphatic heterocycles. The first-order valence-electron chi connectivity index (χ1n) is 15.3. The lowest BCUT2D eigenvalue weighted by atomic mass is 9.84. The van der Waals surface area contributed by atoms with Gasteiger partial charge in [-0.1, -0.05) is 58.4 Å². The third-order valence-corrected chi connectivity index (χ3v) is 9.86. The monoisotopic (exact) mass is 694 g/mol. The fourth-order valence-corrected chi connectivity index (χ4v) is 7.16. The summed E-state index contributed by atoms with van der Waals surface area (Å²) in [5.41, 5.74) is 1.03. The highest BCUT2D eigenvalue weighted by atomic mass is 79.9. The van der Waals surface area contributed by atoms with Crippen molar-refractivity contribution in [3.8, 4) is 0 Å². The van der Waals surface area contributed by atoms with E-state index in [1.54, 1.807) is 4.90 Å². The summed E-state index contributed by atoms with van der Waals surface area (Å²) in [6, 6.07) is 16.8. The van der Waals surface area contributed by atoms with E-state index < -0.39 is 17.4 Å². The average Bonchev–Trinajstić information content (AvgIpc) is 3.18. The molecule has 2 aromatic carbocycles. The number of piperidine rings is 1. The fraction of sp³-hybridized carbons (Fsp3) is 0.545. The number of amides is 4. The van der Waals surface area contributed by atoms with Crippen molar-refractivity contribution in [2.75, 3.05) is 19.6 Å². The number of carbonyl (C=O) groups excluding carboxylic acids is 3. The average molecular weight is 696 g/mol. The number of alkyl halides is 2. The van der Waals surface area contributed by atoms with E-state index in [0.29, 0.717) is 38.9 Å². The summed E-state index contributed by atoms with van der Waals surface area (Å²) < 4.78 is 28.3. The Bertz CT molecular complexity index is 1300. The zero-order chi connectivity index (χ0) is 30.8. The molecular weight excluding hydrogens is 654 g/mol. The summed E-state index contributed by atoms with van der Waals surface area (Å²) in [6.45, 7) is 6.18. The Morgan fingerprint density at radius 2 is 1.59 bits per heavy atom. The van der Waals surface area contributed by atoms with Gasteiger partial charge >= 0.3 is 6.03 Å². The highest BCUT2D eigenvalue weighted by Crippen LogP contribution is 2.40. The van der Waals surface area contributed by atoms with Gasteiger partial charge in [0.15, 0.2) is 0 Å². The highest BCUT2D eigenvalue weighted by Gasteiger charge is 2.58. The number of halogens is 4. The molecule has 7 nitrogen and oxygen atoms in total. The Labute approximate surface area is 273 Å². The Hall–Kier alpha value is -2.56. The largest absolute Gasteiger partial charge is 0.349 e. The van der Waals surface area contributed by atoms with E-state index in [0.717, 1.165) is 15.6 Å². The van der Waals surface area contributed by atoms with Crippen molar-refractivity contribution in [3.05, 3.63) is 70.2 Å². The van der Waals surface area contributed by atoms with E-state index in [1.165, 1.54) is 4.90 Å². The second-order valence-corrected chi connectivity index (χ2v) is 13.4. The van der Waals surface area contributed by atoms with Gasteiger partial charge < -0.3 is 15.1 Å². The van der Waals surface area contributed by atoms with Gasteiger partial charge in [-0.25, -0.2) is 13.6 Å². The van der Waals surface area contributed by atoms with Crippen molar-refractivity contribution in [2.24, 2.45) is 5.92 Å². The molecular formula is C33H42BrClF2N4O3. The number of imide groups is 1. The lowest BCUT2D eigenvalue weighted by molar-refractivity contribution is -0.136. The van der Waals surface area contributed by atoms with Gasteiger partial charge in [0.2, 0.25) is 11.8 Å². The van der Waals surface area contributed by atoms with Crippen molar-refractivity contribution in [1.82, 2.24) is 20.0 Å². The molecule has 1 atom stereocenters. The van der Waals surface area contributed by atoms with Crippen molar-refractivity contribution in [2.45, 2.75) is 88.9 Å². The minimum atomic E-state index is -2.67. The summed E-state index contributed by atoms with van der Waals surface area (Å²) in [7, 11) is 0. The molecule has 1 aliphatic carbocycles. The lowest BCUT2D eigenvalue weighted by Crippen LogP contribution is -2.58. The molecule has 3 aliphatic rings. The van der Waals surface area contributed by atoms with E-state index in [-0.39, 0.29) is 74.6 Å². The van der Waals surface area contributed by atoms with E-state index in [2.05, 4.69) is 26.1 Å². The van der Waals surface area contributed by atoms with Gasteiger partial charge in [-0.05, 0) is 69.2 Å². The number of nitrogens with zero attached hydrogens (tertiary/aromatic N) is 3. The summed E-state index contributed by atoms with van der Waals surface area (Å²) in [5.74, 6) is -3.35. The van der Waals surface area contributed by atoms with Gasteiger partial charge in [0.25, 0.3) is 5.91 Å². The molecule has 0 aromatic heterocycles. The van der Waals surface area contributed by atoms with Crippen molar-refractivity contribution < 1.29 is 23.2 Å². The first-order chi connectivity index (χ1) is 20.5. The molecule has 2 aromatic rings. The zero-order valence-corrected chi connectivity index (χ0v) is 27.7. The van der Waals surface area contributed by atoms with Crippen LogP contribution < -0.4 is 5.32 Å². The van der Waals surface area contributed by atoms with Crippen LogP contribution in [0.1, 0.15) is 76.0 Å². The molecule has 5 rings (SSSR count). The van der Waals surface area contributed by atoms with E-state index in [9.17, 15) is 23.2 Å². The molecule has 1 saturated carbocycles. The molecule has 0 bridgehead atoms. The van der Waals surface area contributed by atoms with Crippen molar-refractivity contribution in [3.63, 3.8) is 0 Å². The number of nitrogens with one attached hydrogen (secondary N) is 1. The summed E-state index contributed by atoms with van der Waals surface area (Å²) >= 11 is 3.44. The van der Waals surface area contributed by atoms with Gasteiger partial charge in [-0.3, -0.25) is 14.5 Å². The first kappa shape index (κ1) is 34.3. The predicted molar refractivity (Wildman–Crippen MR) is 172 cm³/mol. The van der Waals surface area contributed by atoms with Crippen LogP contribution >= 0.6 is 28.3 Å². The second-order valence-electron chi connectivity index (χ2n) is 12.5. The van der Waals surface area contributed by atoms with Gasteiger partial charge in [-0.2, -0.15) is 0 Å². The topological polar surface area (TPSA) is 73.0 Å². The van der Waals surface area contributed by atoms with Crippen LogP contribution in [0.4, 0.5) is 13.6 Å². The van der Waals surface area contributed by atoms with Crippen molar-refractivity contribution >= 4 is 46.2 Å². The smallest absolute Gasteiger partial charge is 0.328 e. The molecule has 4 amide bonds. The maximum Gasteiger partial charge on any atom is 0.328 e. The van der Waals surface area contributed by atoms with Crippen LogP contribution in [0, 0.1) is 5.92 Å². The molecule has 240 valence electrons. The fourth-order valence-electron chi connectivity index (χ4n) is 6.89. The number of likely N-dealkylation sites (tertiary alicyclic amines) is 1. The van der Waals surface area contributed by atoms with E-state index in [4.69, 9.17) is 0 Å². The van der Waals surface area contributed by atoms with Crippen LogP contribution in [0.15, 0.2) is 59.1 Å². The van der Waals surface area contributed by atoms with E-state index >= 15 is 0 Å². The quantitative estimate of drug-likeness (QED) is 0.289. The third-order valence-electron chi connectivity index (χ3n) is 9.34. The summed E-state index contributed by atoms with van der Waals surface area (Å²) in [4.78, 5) is 46.0. The summed E-state index contributed by atoms with van der Waals surface area (Å²) in [5, 5.41) is 3.16. The van der Waals surface area contributed by atoms with E-state index in [1.807, 2.05) is 68.4 Å². The van der Waals surface area contributed by atoms with Crippen LogP contribution in [-0.4, -0.2) is 69.7 Å². The molecule has 2 saturated heterocycles. The minimum Gasteiger partial charge on any atom is -0.349 e. The van der Waals surface area contributed by atoms with Gasteiger partial charge in [0.05, 0.1) is 12.6 Å². The Morgan fingerprint density at radius 3 is 2.18 bits per heavy atom. The zero-order valence-electron chi connectivity index (χ0n) is 25.3. The lowest BCUT2D eigenvalue weighted by Gasteiger charge is -2.44. The normalized spacial score (nSPS) is 21.0. The number of benzene rings is 2. The minimum absolute atomic E-state index is 0. The Kier molecular flexibility index (Phi) is 11.1. The maximum absolute atomic E-state index is 13.9. The van der Waals surface area contributed by atoms with Crippen LogP contribution in [0.5, 0.6) is 0 Å². The number of hydrogen-bond acceptors (Lipinski definition) is 4. The van der Waals surface area contributed by atoms with Gasteiger partial charge in [0.1, 0.15) is 5.54 Å². The standard InChI is InChI=1S/C33H41BrF2N4O3.ClH/c1-23(2)40-31(43)39(22-24-8-10-27(34)11-9-24)30(42)32(40)17-20-38(21-18-32)19-14-28(25-6-4-3-5-7-25)37-29(41)26-12-15-33(35,36)16-13-26;/h3-11,23,26,28H,12-22H2,1-2H3,(H,37,41);1H/t28-;/m0./s1.